The van der Waals surface area contributed by atoms with Crippen molar-refractivity contribution in [2.24, 2.45) is 11.0 Å². The summed E-state index contributed by atoms with van der Waals surface area (Å²) in [7, 11) is 3.05. The van der Waals surface area contributed by atoms with E-state index in [-0.39, 0.29) is 17.7 Å². The molecule has 3 rings (SSSR count). The molecule has 0 saturated heterocycles. The first-order valence-electron chi connectivity index (χ1n) is 8.55. The molecule has 0 radical (unpaired) electrons. The van der Waals surface area contributed by atoms with Gasteiger partial charge in [0.2, 0.25) is 5.91 Å². The number of halogens is 3. The third-order valence-corrected chi connectivity index (χ3v) is 4.57. The molecule has 28 heavy (non-hydrogen) atoms. The molecule has 0 aliphatic heterocycles. The van der Waals surface area contributed by atoms with Crippen molar-refractivity contribution in [2.45, 2.75) is 18.5 Å². The fourth-order valence-corrected chi connectivity index (χ4v) is 2.99. The Morgan fingerprint density at radius 3 is 2.57 bits per heavy atom. The van der Waals surface area contributed by atoms with Crippen LogP contribution >= 0.6 is 0 Å². The molecule has 148 valence electrons. The number of carbonyl (C=O) groups excluding carboxylic acids is 1. The minimum Gasteiger partial charge on any atom is -0.493 e. The predicted octanol–water partition coefficient (Wildman–Crippen LogP) is 3.98. The Morgan fingerprint density at radius 2 is 1.89 bits per heavy atom. The van der Waals surface area contributed by atoms with Gasteiger partial charge in [0.05, 0.1) is 26.0 Å². The van der Waals surface area contributed by atoms with E-state index in [9.17, 15) is 18.0 Å². The quantitative estimate of drug-likeness (QED) is 0.598. The standard InChI is InChI=1S/C20H19F3N2O3/c1-27-17-7-6-12(8-18(17)28-2)11-24-25-19(26)16-10-15(16)13-4-3-5-14(9-13)20(21,22)23/h3-9,11,15-16H,10H2,1-2H3,(H,25,26)/t15?,16-/m0/s1. The van der Waals surface area contributed by atoms with Crippen LogP contribution in [0.15, 0.2) is 47.6 Å². The van der Waals surface area contributed by atoms with Gasteiger partial charge in [0.25, 0.3) is 0 Å². The minimum absolute atomic E-state index is 0.224. The Bertz CT molecular complexity index is 897. The van der Waals surface area contributed by atoms with Crippen molar-refractivity contribution in [3.05, 3.63) is 59.2 Å². The van der Waals surface area contributed by atoms with Crippen LogP contribution in [-0.4, -0.2) is 26.3 Å². The van der Waals surface area contributed by atoms with E-state index in [0.717, 1.165) is 12.1 Å². The Morgan fingerprint density at radius 1 is 1.14 bits per heavy atom. The van der Waals surface area contributed by atoms with E-state index < -0.39 is 11.7 Å². The first-order chi connectivity index (χ1) is 13.3. The van der Waals surface area contributed by atoms with Gasteiger partial charge >= 0.3 is 6.18 Å². The van der Waals surface area contributed by atoms with E-state index in [2.05, 4.69) is 10.5 Å². The number of amides is 1. The van der Waals surface area contributed by atoms with Crippen LogP contribution in [0, 0.1) is 5.92 Å². The maximum atomic E-state index is 12.8. The number of carbonyl (C=O) groups is 1. The summed E-state index contributed by atoms with van der Waals surface area (Å²) in [4.78, 5) is 12.2. The summed E-state index contributed by atoms with van der Waals surface area (Å²) >= 11 is 0. The molecule has 1 unspecified atom stereocenters. The summed E-state index contributed by atoms with van der Waals surface area (Å²) < 4.78 is 48.8. The lowest BCUT2D eigenvalue weighted by Crippen LogP contribution is -2.20. The van der Waals surface area contributed by atoms with Gasteiger partial charge in [-0.3, -0.25) is 4.79 Å². The van der Waals surface area contributed by atoms with Crippen LogP contribution < -0.4 is 14.9 Å². The van der Waals surface area contributed by atoms with Crippen LogP contribution in [0.1, 0.15) is 29.0 Å². The van der Waals surface area contributed by atoms with E-state index in [1.165, 1.54) is 26.5 Å². The monoisotopic (exact) mass is 392 g/mol. The van der Waals surface area contributed by atoms with E-state index in [1.54, 1.807) is 24.3 Å². The van der Waals surface area contributed by atoms with Gasteiger partial charge in [-0.2, -0.15) is 18.3 Å². The minimum atomic E-state index is -4.40. The largest absolute Gasteiger partial charge is 0.493 e. The molecule has 1 saturated carbocycles. The SMILES string of the molecule is COc1ccc(C=NNC(=O)[C@H]2CC2c2cccc(C(F)(F)F)c2)cc1OC. The topological polar surface area (TPSA) is 59.9 Å². The van der Waals surface area contributed by atoms with E-state index in [4.69, 9.17) is 9.47 Å². The highest BCUT2D eigenvalue weighted by Crippen LogP contribution is 2.48. The highest BCUT2D eigenvalue weighted by Gasteiger charge is 2.44. The van der Waals surface area contributed by atoms with Gasteiger partial charge in [-0.1, -0.05) is 18.2 Å². The number of nitrogens with zero attached hydrogens (tertiary/aromatic N) is 1. The second-order valence-electron chi connectivity index (χ2n) is 6.42. The highest BCUT2D eigenvalue weighted by atomic mass is 19.4. The molecule has 2 aromatic carbocycles. The number of nitrogens with one attached hydrogen (secondary N) is 1. The number of ether oxygens (including phenoxy) is 2. The molecule has 5 nitrogen and oxygen atoms in total. The van der Waals surface area contributed by atoms with Crippen molar-refractivity contribution < 1.29 is 27.4 Å². The molecule has 2 atom stereocenters. The molecule has 0 spiro atoms. The molecule has 1 fully saturated rings. The lowest BCUT2D eigenvalue weighted by molar-refractivity contribution is -0.137. The zero-order valence-electron chi connectivity index (χ0n) is 15.3. The molecule has 1 N–H and O–H groups in total. The first kappa shape index (κ1) is 19.7. The zero-order valence-corrected chi connectivity index (χ0v) is 15.3. The van der Waals surface area contributed by atoms with Crippen LogP contribution in [0.5, 0.6) is 11.5 Å². The second-order valence-corrected chi connectivity index (χ2v) is 6.42. The van der Waals surface area contributed by atoms with Crippen molar-refractivity contribution in [3.63, 3.8) is 0 Å². The molecular formula is C20H19F3N2O3. The number of hydrogen-bond acceptors (Lipinski definition) is 4. The second kappa shape index (κ2) is 7.92. The van der Waals surface area contributed by atoms with Crippen LogP contribution in [0.25, 0.3) is 0 Å². The van der Waals surface area contributed by atoms with Gasteiger partial charge in [0.15, 0.2) is 11.5 Å². The molecule has 0 heterocycles. The first-order valence-corrected chi connectivity index (χ1v) is 8.55. The normalized spacial score (nSPS) is 18.8. The number of benzene rings is 2. The van der Waals surface area contributed by atoms with Gasteiger partial charge < -0.3 is 9.47 Å². The molecule has 0 aromatic heterocycles. The van der Waals surface area contributed by atoms with Crippen LogP contribution in [0.2, 0.25) is 0 Å². The van der Waals surface area contributed by atoms with Gasteiger partial charge in [-0.15, -0.1) is 0 Å². The summed E-state index contributed by atoms with van der Waals surface area (Å²) in [6.45, 7) is 0. The van der Waals surface area contributed by atoms with Crippen molar-refractivity contribution in [1.82, 2.24) is 5.43 Å². The van der Waals surface area contributed by atoms with Gasteiger partial charge in [0.1, 0.15) is 0 Å². The number of hydrazone groups is 1. The molecular weight excluding hydrogens is 373 g/mol. The number of hydrogen-bond donors (Lipinski definition) is 1. The summed E-state index contributed by atoms with van der Waals surface area (Å²) in [5, 5.41) is 3.92. The van der Waals surface area contributed by atoms with Crippen molar-refractivity contribution in [1.29, 1.82) is 0 Å². The van der Waals surface area contributed by atoms with Gasteiger partial charge in [0, 0.05) is 5.92 Å². The predicted molar refractivity (Wildman–Crippen MR) is 97.6 cm³/mol. The van der Waals surface area contributed by atoms with Crippen molar-refractivity contribution in [3.8, 4) is 11.5 Å². The van der Waals surface area contributed by atoms with E-state index in [0.29, 0.717) is 29.0 Å². The molecule has 0 bridgehead atoms. The molecule has 8 heteroatoms. The van der Waals surface area contributed by atoms with Gasteiger partial charge in [-0.05, 0) is 47.7 Å². The fourth-order valence-electron chi connectivity index (χ4n) is 2.99. The summed E-state index contributed by atoms with van der Waals surface area (Å²) in [6.07, 6.45) is -2.44. The summed E-state index contributed by atoms with van der Waals surface area (Å²) in [5.41, 5.74) is 2.94. The van der Waals surface area contributed by atoms with Crippen LogP contribution in [0.3, 0.4) is 0 Å². The summed E-state index contributed by atoms with van der Waals surface area (Å²) in [6, 6.07) is 10.3. The van der Waals surface area contributed by atoms with Crippen LogP contribution in [0.4, 0.5) is 13.2 Å². The van der Waals surface area contributed by atoms with Crippen molar-refractivity contribution >= 4 is 12.1 Å². The number of methoxy groups -OCH3 is 2. The Hall–Kier alpha value is -3.03. The Balaban J connectivity index is 1.59. The number of rotatable bonds is 6. The third kappa shape index (κ3) is 4.44. The maximum absolute atomic E-state index is 12.8. The average molecular weight is 392 g/mol. The molecule has 2 aromatic rings. The fraction of sp³-hybridized carbons (Fsp3) is 0.300. The highest BCUT2D eigenvalue weighted by molar-refractivity contribution is 5.86. The summed E-state index contributed by atoms with van der Waals surface area (Å²) in [5.74, 6) is 0.180. The van der Waals surface area contributed by atoms with Gasteiger partial charge in [-0.25, -0.2) is 5.43 Å². The third-order valence-electron chi connectivity index (χ3n) is 4.57. The lowest BCUT2D eigenvalue weighted by atomic mass is 10.1. The maximum Gasteiger partial charge on any atom is 0.416 e. The molecule has 1 aliphatic rings. The average Bonchev–Trinajstić information content (AvgIpc) is 3.48. The molecule has 1 amide bonds. The Kier molecular flexibility index (Phi) is 5.58. The van der Waals surface area contributed by atoms with E-state index >= 15 is 0 Å². The van der Waals surface area contributed by atoms with Crippen molar-refractivity contribution in [2.75, 3.05) is 14.2 Å². The molecule has 1 aliphatic carbocycles. The number of alkyl halides is 3. The Labute approximate surface area is 160 Å². The van der Waals surface area contributed by atoms with E-state index in [1.807, 2.05) is 0 Å². The smallest absolute Gasteiger partial charge is 0.416 e. The van der Waals surface area contributed by atoms with Crippen LogP contribution in [-0.2, 0) is 11.0 Å². The lowest BCUT2D eigenvalue weighted by Gasteiger charge is -2.08. The zero-order chi connectivity index (χ0) is 20.3.